The van der Waals surface area contributed by atoms with E-state index in [1.807, 2.05) is 14.1 Å². The molecule has 0 aromatic heterocycles. The smallest absolute Gasteiger partial charge is 0.167 e. The summed E-state index contributed by atoms with van der Waals surface area (Å²) in [7, 11) is 5.10. The van der Waals surface area contributed by atoms with Gasteiger partial charge < -0.3 is 15.4 Å². The highest BCUT2D eigenvalue weighted by molar-refractivity contribution is 5.69. The number of anilines is 2. The van der Waals surface area contributed by atoms with Gasteiger partial charge in [0.05, 0.1) is 18.5 Å². The summed E-state index contributed by atoms with van der Waals surface area (Å²) in [5, 5.41) is 0. The van der Waals surface area contributed by atoms with Crippen LogP contribution in [0.1, 0.15) is 0 Å². The second-order valence-corrected chi connectivity index (χ2v) is 2.94. The standard InChI is InChI=1S/C9H13FN2O/c1-12(2)8-5-9(13-3)6(10)4-7(8)11/h4-5H,11H2,1-3H3. The molecule has 1 aromatic carbocycles. The summed E-state index contributed by atoms with van der Waals surface area (Å²) in [6.45, 7) is 0. The number of nitrogens with zero attached hydrogens (tertiary/aromatic N) is 1. The fraction of sp³-hybridized carbons (Fsp3) is 0.333. The van der Waals surface area contributed by atoms with Crippen molar-refractivity contribution in [1.29, 1.82) is 0 Å². The van der Waals surface area contributed by atoms with E-state index in [0.717, 1.165) is 5.69 Å². The van der Waals surface area contributed by atoms with Gasteiger partial charge >= 0.3 is 0 Å². The monoisotopic (exact) mass is 184 g/mol. The Morgan fingerprint density at radius 1 is 1.38 bits per heavy atom. The van der Waals surface area contributed by atoms with Crippen molar-refractivity contribution < 1.29 is 9.13 Å². The summed E-state index contributed by atoms with van der Waals surface area (Å²) in [6, 6.07) is 2.83. The zero-order valence-corrected chi connectivity index (χ0v) is 7.97. The van der Waals surface area contributed by atoms with E-state index in [4.69, 9.17) is 10.5 Å². The van der Waals surface area contributed by atoms with Crippen molar-refractivity contribution in [3.05, 3.63) is 17.9 Å². The molecule has 0 saturated carbocycles. The van der Waals surface area contributed by atoms with E-state index in [0.29, 0.717) is 5.69 Å². The molecule has 1 aromatic rings. The number of nitrogen functional groups attached to an aromatic ring is 1. The van der Waals surface area contributed by atoms with Gasteiger partial charge in [0, 0.05) is 26.2 Å². The van der Waals surface area contributed by atoms with Crippen molar-refractivity contribution in [2.75, 3.05) is 31.8 Å². The molecule has 0 aliphatic carbocycles. The zero-order valence-electron chi connectivity index (χ0n) is 7.97. The highest BCUT2D eigenvalue weighted by Crippen LogP contribution is 2.29. The van der Waals surface area contributed by atoms with Gasteiger partial charge in [0.15, 0.2) is 11.6 Å². The Labute approximate surface area is 76.9 Å². The van der Waals surface area contributed by atoms with Crippen LogP contribution in [0.4, 0.5) is 15.8 Å². The molecular weight excluding hydrogens is 171 g/mol. The number of methoxy groups -OCH3 is 1. The number of nitrogens with two attached hydrogens (primary N) is 1. The van der Waals surface area contributed by atoms with Crippen LogP contribution in [0.5, 0.6) is 5.75 Å². The van der Waals surface area contributed by atoms with E-state index < -0.39 is 5.82 Å². The maximum Gasteiger partial charge on any atom is 0.167 e. The molecule has 13 heavy (non-hydrogen) atoms. The molecule has 0 fully saturated rings. The third-order valence-electron chi connectivity index (χ3n) is 1.78. The Morgan fingerprint density at radius 2 is 2.00 bits per heavy atom. The van der Waals surface area contributed by atoms with Crippen molar-refractivity contribution in [3.63, 3.8) is 0 Å². The fourth-order valence-electron chi connectivity index (χ4n) is 1.10. The van der Waals surface area contributed by atoms with Crippen LogP contribution in [0.25, 0.3) is 0 Å². The van der Waals surface area contributed by atoms with Gasteiger partial charge in [0.2, 0.25) is 0 Å². The van der Waals surface area contributed by atoms with Gasteiger partial charge in [-0.1, -0.05) is 0 Å². The van der Waals surface area contributed by atoms with Crippen LogP contribution in [0, 0.1) is 5.82 Å². The number of hydrogen-bond acceptors (Lipinski definition) is 3. The van der Waals surface area contributed by atoms with Crippen molar-refractivity contribution >= 4 is 11.4 Å². The molecule has 0 saturated heterocycles. The molecule has 0 amide bonds. The van der Waals surface area contributed by atoms with Crippen molar-refractivity contribution in [2.45, 2.75) is 0 Å². The molecule has 0 heterocycles. The van der Waals surface area contributed by atoms with Crippen LogP contribution >= 0.6 is 0 Å². The summed E-state index contributed by atoms with van der Waals surface area (Å²) in [5.41, 5.74) is 6.76. The Bertz CT molecular complexity index is 313. The average molecular weight is 184 g/mol. The molecule has 0 spiro atoms. The molecule has 72 valence electrons. The third kappa shape index (κ3) is 1.83. The normalized spacial score (nSPS) is 9.85. The van der Waals surface area contributed by atoms with Crippen LogP contribution in [0.2, 0.25) is 0 Å². The van der Waals surface area contributed by atoms with Gasteiger partial charge in [0.25, 0.3) is 0 Å². The Hall–Kier alpha value is -1.45. The van der Waals surface area contributed by atoms with E-state index >= 15 is 0 Å². The predicted molar refractivity (Wildman–Crippen MR) is 51.7 cm³/mol. The zero-order chi connectivity index (χ0) is 10.0. The molecule has 0 atom stereocenters. The molecule has 0 bridgehead atoms. The molecular formula is C9H13FN2O. The first-order valence-corrected chi connectivity index (χ1v) is 3.86. The van der Waals surface area contributed by atoms with Crippen LogP contribution in [-0.2, 0) is 0 Å². The summed E-state index contributed by atoms with van der Waals surface area (Å²) in [5.74, 6) is -0.233. The first kappa shape index (κ1) is 9.64. The first-order chi connectivity index (χ1) is 6.06. The second-order valence-electron chi connectivity index (χ2n) is 2.94. The lowest BCUT2D eigenvalue weighted by atomic mass is 10.2. The average Bonchev–Trinajstić information content (AvgIpc) is 2.03. The van der Waals surface area contributed by atoms with Gasteiger partial charge in [-0.25, -0.2) is 4.39 Å². The lowest BCUT2D eigenvalue weighted by Gasteiger charge is -2.16. The Kier molecular flexibility index (Phi) is 2.60. The minimum atomic E-state index is -0.439. The van der Waals surface area contributed by atoms with E-state index in [2.05, 4.69) is 0 Å². The third-order valence-corrected chi connectivity index (χ3v) is 1.78. The molecule has 0 unspecified atom stereocenters. The van der Waals surface area contributed by atoms with Gasteiger partial charge in [-0.3, -0.25) is 0 Å². The van der Waals surface area contributed by atoms with Gasteiger partial charge in [-0.2, -0.15) is 0 Å². The first-order valence-electron chi connectivity index (χ1n) is 3.86. The molecule has 2 N–H and O–H groups in total. The molecule has 0 aliphatic heterocycles. The highest BCUT2D eigenvalue weighted by Gasteiger charge is 2.08. The fourth-order valence-corrected chi connectivity index (χ4v) is 1.10. The van der Waals surface area contributed by atoms with Crippen molar-refractivity contribution in [1.82, 2.24) is 0 Å². The largest absolute Gasteiger partial charge is 0.494 e. The summed E-state index contributed by atoms with van der Waals surface area (Å²) < 4.78 is 17.9. The maximum atomic E-state index is 13.1. The maximum absolute atomic E-state index is 13.1. The number of benzene rings is 1. The minimum absolute atomic E-state index is 0.206. The summed E-state index contributed by atoms with van der Waals surface area (Å²) >= 11 is 0. The topological polar surface area (TPSA) is 38.5 Å². The SMILES string of the molecule is COc1cc(N(C)C)c(N)cc1F. The van der Waals surface area contributed by atoms with Gasteiger partial charge in [0.1, 0.15) is 0 Å². The number of halogens is 1. The van der Waals surface area contributed by atoms with Gasteiger partial charge in [-0.05, 0) is 0 Å². The number of rotatable bonds is 2. The van der Waals surface area contributed by atoms with E-state index in [9.17, 15) is 4.39 Å². The van der Waals surface area contributed by atoms with E-state index in [-0.39, 0.29) is 5.75 Å². The van der Waals surface area contributed by atoms with E-state index in [1.54, 1.807) is 11.0 Å². The quantitative estimate of drug-likeness (QED) is 0.707. The van der Waals surface area contributed by atoms with Crippen LogP contribution in [-0.4, -0.2) is 21.2 Å². The minimum Gasteiger partial charge on any atom is -0.494 e. The molecule has 1 rings (SSSR count). The molecule has 0 aliphatic rings. The van der Waals surface area contributed by atoms with Gasteiger partial charge in [-0.15, -0.1) is 0 Å². The highest BCUT2D eigenvalue weighted by atomic mass is 19.1. The lowest BCUT2D eigenvalue weighted by molar-refractivity contribution is 0.387. The van der Waals surface area contributed by atoms with Crippen molar-refractivity contribution in [2.24, 2.45) is 0 Å². The molecule has 3 nitrogen and oxygen atoms in total. The predicted octanol–water partition coefficient (Wildman–Crippen LogP) is 1.48. The van der Waals surface area contributed by atoms with Crippen LogP contribution in [0.3, 0.4) is 0 Å². The molecule has 0 radical (unpaired) electrons. The second kappa shape index (κ2) is 3.51. The van der Waals surface area contributed by atoms with E-state index in [1.165, 1.54) is 13.2 Å². The Balaban J connectivity index is 3.22. The van der Waals surface area contributed by atoms with Crippen LogP contribution < -0.4 is 15.4 Å². The Morgan fingerprint density at radius 3 is 2.46 bits per heavy atom. The van der Waals surface area contributed by atoms with Crippen molar-refractivity contribution in [3.8, 4) is 5.75 Å². The van der Waals surface area contributed by atoms with Crippen LogP contribution in [0.15, 0.2) is 12.1 Å². The molecule has 4 heteroatoms. The summed E-state index contributed by atoms with van der Waals surface area (Å²) in [4.78, 5) is 1.80. The summed E-state index contributed by atoms with van der Waals surface area (Å²) in [6.07, 6.45) is 0. The lowest BCUT2D eigenvalue weighted by Crippen LogP contribution is -2.11. The number of hydrogen-bond donors (Lipinski definition) is 1. The number of ether oxygens (including phenoxy) is 1.